The van der Waals surface area contributed by atoms with Crippen molar-refractivity contribution in [3.8, 4) is 29.0 Å². The number of allylic oxidation sites excluding steroid dienone is 4. The van der Waals surface area contributed by atoms with Crippen LogP contribution in [-0.2, 0) is 0 Å². The highest BCUT2D eigenvalue weighted by molar-refractivity contribution is 6.09. The zero-order chi connectivity index (χ0) is 29.9. The monoisotopic (exact) mass is 554 g/mol. The Balaban J connectivity index is 1.44. The Morgan fingerprint density at radius 2 is 1.42 bits per heavy atom. The number of hydrogen-bond donors (Lipinski definition) is 1. The molecule has 0 radical (unpaired) electrons. The molecule has 0 atom stereocenters. The fraction of sp³-hybridized carbons (Fsp3) is 0.0769. The molecule has 4 heteroatoms. The van der Waals surface area contributed by atoms with Crippen LogP contribution in [-0.4, -0.2) is 4.57 Å². The maximum Gasteiger partial charge on any atom is 0.0992 e. The molecular formula is C39H30N4. The van der Waals surface area contributed by atoms with Crippen LogP contribution in [0.1, 0.15) is 36.1 Å². The first kappa shape index (κ1) is 27.3. The number of aromatic nitrogens is 1. The molecule has 0 saturated carbocycles. The number of aryl methyl sites for hydroxylation is 1. The van der Waals surface area contributed by atoms with Crippen molar-refractivity contribution in [3.63, 3.8) is 0 Å². The Hall–Kier alpha value is -5.84. The highest BCUT2D eigenvalue weighted by Gasteiger charge is 2.13. The van der Waals surface area contributed by atoms with Crippen LogP contribution in [0.25, 0.3) is 44.2 Å². The third kappa shape index (κ3) is 5.19. The first-order valence-electron chi connectivity index (χ1n) is 14.3. The van der Waals surface area contributed by atoms with E-state index in [4.69, 9.17) is 0 Å². The van der Waals surface area contributed by atoms with Gasteiger partial charge in [-0.2, -0.15) is 10.5 Å². The molecule has 206 valence electrons. The first-order valence-corrected chi connectivity index (χ1v) is 14.3. The van der Waals surface area contributed by atoms with E-state index in [1.54, 1.807) is 0 Å². The summed E-state index contributed by atoms with van der Waals surface area (Å²) in [6.07, 6.45) is 4.05. The standard InChI is InChI=1S/C39H30N4/c1-4-10-34(37-21-28(24-40)18-17-26(37)2)27(3)42-32-20-29(25-41)19-31(22-32)30-11-9-12-33(23-30)43-38-15-7-5-13-35(38)36-14-6-8-16-39(36)43/h4-23,42H,1-3H3/b10-4-,34-27-. The average molecular weight is 555 g/mol. The van der Waals surface area contributed by atoms with Gasteiger partial charge in [-0.05, 0) is 97.6 Å². The van der Waals surface area contributed by atoms with Gasteiger partial charge in [-0.3, -0.25) is 0 Å². The summed E-state index contributed by atoms with van der Waals surface area (Å²) in [7, 11) is 0. The molecule has 0 amide bonds. The third-order valence-electron chi connectivity index (χ3n) is 7.81. The minimum atomic E-state index is 0.574. The maximum absolute atomic E-state index is 9.94. The molecular weight excluding hydrogens is 524 g/mol. The van der Waals surface area contributed by atoms with Crippen LogP contribution in [0.5, 0.6) is 0 Å². The lowest BCUT2D eigenvalue weighted by Gasteiger charge is -2.16. The highest BCUT2D eigenvalue weighted by atomic mass is 15.0. The quantitative estimate of drug-likeness (QED) is 0.208. The number of nitrogens with zero attached hydrogens (tertiary/aromatic N) is 3. The lowest BCUT2D eigenvalue weighted by atomic mass is 9.96. The number of nitriles is 2. The number of anilines is 1. The van der Waals surface area contributed by atoms with E-state index in [9.17, 15) is 10.5 Å². The van der Waals surface area contributed by atoms with E-state index in [-0.39, 0.29) is 0 Å². The Kier molecular flexibility index (Phi) is 7.35. The molecule has 1 aromatic heterocycles. The van der Waals surface area contributed by atoms with Gasteiger partial charge < -0.3 is 9.88 Å². The normalized spacial score (nSPS) is 11.8. The van der Waals surface area contributed by atoms with E-state index in [0.717, 1.165) is 55.9 Å². The van der Waals surface area contributed by atoms with Crippen LogP contribution in [0, 0.1) is 29.6 Å². The summed E-state index contributed by atoms with van der Waals surface area (Å²) in [6.45, 7) is 6.05. The summed E-state index contributed by atoms with van der Waals surface area (Å²) in [5.74, 6) is 0. The van der Waals surface area contributed by atoms with Crippen LogP contribution in [0.4, 0.5) is 5.69 Å². The van der Waals surface area contributed by atoms with Gasteiger partial charge in [-0.25, -0.2) is 0 Å². The van der Waals surface area contributed by atoms with Crippen molar-refractivity contribution < 1.29 is 0 Å². The molecule has 0 aliphatic rings. The molecule has 0 spiro atoms. The molecule has 0 fully saturated rings. The largest absolute Gasteiger partial charge is 0.359 e. The van der Waals surface area contributed by atoms with E-state index >= 15 is 0 Å². The fourth-order valence-corrected chi connectivity index (χ4v) is 5.81. The van der Waals surface area contributed by atoms with Gasteiger partial charge in [-0.1, -0.05) is 66.7 Å². The summed E-state index contributed by atoms with van der Waals surface area (Å²) in [6, 6.07) is 41.7. The van der Waals surface area contributed by atoms with Gasteiger partial charge in [0.15, 0.2) is 0 Å². The smallest absolute Gasteiger partial charge is 0.0992 e. The number of rotatable bonds is 6. The van der Waals surface area contributed by atoms with Gasteiger partial charge in [0, 0.05) is 33.4 Å². The molecule has 0 unspecified atom stereocenters. The molecule has 0 aliphatic carbocycles. The van der Waals surface area contributed by atoms with E-state index in [2.05, 4.69) is 107 Å². The average Bonchev–Trinajstić information content (AvgIpc) is 3.38. The van der Waals surface area contributed by atoms with Crippen LogP contribution in [0.15, 0.2) is 127 Å². The van der Waals surface area contributed by atoms with E-state index < -0.39 is 0 Å². The van der Waals surface area contributed by atoms with Gasteiger partial charge in [0.2, 0.25) is 0 Å². The Bertz CT molecular complexity index is 2110. The molecule has 0 saturated heterocycles. The van der Waals surface area contributed by atoms with Crippen molar-refractivity contribution in [1.29, 1.82) is 10.5 Å². The minimum Gasteiger partial charge on any atom is -0.359 e. The zero-order valence-electron chi connectivity index (χ0n) is 24.4. The molecule has 0 bridgehead atoms. The van der Waals surface area contributed by atoms with Crippen molar-refractivity contribution in [2.24, 2.45) is 0 Å². The topological polar surface area (TPSA) is 64.5 Å². The molecule has 0 aliphatic heterocycles. The minimum absolute atomic E-state index is 0.574. The second-order valence-corrected chi connectivity index (χ2v) is 10.6. The van der Waals surface area contributed by atoms with Crippen molar-refractivity contribution in [1.82, 2.24) is 4.57 Å². The van der Waals surface area contributed by atoms with Gasteiger partial charge in [0.25, 0.3) is 0 Å². The second kappa shape index (κ2) is 11.6. The number of nitrogens with one attached hydrogen (secondary N) is 1. The van der Waals surface area contributed by atoms with Crippen LogP contribution in [0.3, 0.4) is 0 Å². The van der Waals surface area contributed by atoms with Crippen molar-refractivity contribution in [2.75, 3.05) is 5.32 Å². The zero-order valence-corrected chi connectivity index (χ0v) is 24.4. The van der Waals surface area contributed by atoms with Crippen LogP contribution < -0.4 is 5.32 Å². The van der Waals surface area contributed by atoms with Gasteiger partial charge >= 0.3 is 0 Å². The Morgan fingerprint density at radius 1 is 0.721 bits per heavy atom. The van der Waals surface area contributed by atoms with E-state index in [0.29, 0.717) is 11.1 Å². The molecule has 1 heterocycles. The summed E-state index contributed by atoms with van der Waals surface area (Å²) in [5.41, 5.74) is 11.4. The predicted octanol–water partition coefficient (Wildman–Crippen LogP) is 9.92. The van der Waals surface area contributed by atoms with Gasteiger partial charge in [0.05, 0.1) is 34.3 Å². The summed E-state index contributed by atoms with van der Waals surface area (Å²) in [5, 5.41) is 25.4. The fourth-order valence-electron chi connectivity index (χ4n) is 5.81. The lowest BCUT2D eigenvalue weighted by molar-refractivity contribution is 1.18. The van der Waals surface area contributed by atoms with Crippen molar-refractivity contribution >= 4 is 33.1 Å². The third-order valence-corrected chi connectivity index (χ3v) is 7.81. The SMILES string of the molecule is C/C=C\C(=C(/C)Nc1cc(C#N)cc(-c2cccc(-n3c4ccccc4c4ccccc43)c2)c1)c1cc(C#N)ccc1C. The van der Waals surface area contributed by atoms with Crippen LogP contribution in [0.2, 0.25) is 0 Å². The Labute approximate surface area is 252 Å². The summed E-state index contributed by atoms with van der Waals surface area (Å²) < 4.78 is 2.30. The predicted molar refractivity (Wildman–Crippen MR) is 178 cm³/mol. The van der Waals surface area contributed by atoms with Crippen LogP contribution >= 0.6 is 0 Å². The second-order valence-electron chi connectivity index (χ2n) is 10.6. The molecule has 43 heavy (non-hydrogen) atoms. The molecule has 4 nitrogen and oxygen atoms in total. The van der Waals surface area contributed by atoms with E-state index in [1.165, 1.54) is 10.8 Å². The van der Waals surface area contributed by atoms with Crippen molar-refractivity contribution in [3.05, 3.63) is 149 Å². The highest BCUT2D eigenvalue weighted by Crippen LogP contribution is 2.34. The number of fused-ring (bicyclic) bond motifs is 3. The number of benzene rings is 5. The lowest BCUT2D eigenvalue weighted by Crippen LogP contribution is -2.02. The first-order chi connectivity index (χ1) is 21.0. The number of para-hydroxylation sites is 2. The molecule has 6 aromatic rings. The molecule has 5 aromatic carbocycles. The van der Waals surface area contributed by atoms with Gasteiger partial charge in [0.1, 0.15) is 0 Å². The number of hydrogen-bond acceptors (Lipinski definition) is 3. The molecule has 1 N–H and O–H groups in total. The summed E-state index contributed by atoms with van der Waals surface area (Å²) >= 11 is 0. The maximum atomic E-state index is 9.94. The van der Waals surface area contributed by atoms with Gasteiger partial charge in [-0.15, -0.1) is 0 Å². The molecule has 6 rings (SSSR count). The van der Waals surface area contributed by atoms with E-state index in [1.807, 2.05) is 57.2 Å². The Morgan fingerprint density at radius 3 is 2.09 bits per heavy atom. The van der Waals surface area contributed by atoms with Crippen molar-refractivity contribution in [2.45, 2.75) is 20.8 Å². The summed E-state index contributed by atoms with van der Waals surface area (Å²) in [4.78, 5) is 0.